The average Bonchev–Trinajstić information content (AvgIpc) is 0.805. The second-order valence-corrected chi connectivity index (χ2v) is 26.2. The first-order chi connectivity index (χ1) is 54.4. The molecule has 0 spiro atoms. The molecule has 4 N–H and O–H groups in total. The van der Waals surface area contributed by atoms with Crippen molar-refractivity contribution in [1.29, 1.82) is 0 Å². The van der Waals surface area contributed by atoms with E-state index in [9.17, 15) is 47.9 Å². The van der Waals surface area contributed by atoms with E-state index in [2.05, 4.69) is 26.3 Å². The molecule has 24 heteroatoms. The summed E-state index contributed by atoms with van der Waals surface area (Å²) >= 11 is 0. The zero-order chi connectivity index (χ0) is 80.5. The number of nitrogens with two attached hydrogens (primary N) is 2. The van der Waals surface area contributed by atoms with E-state index in [4.69, 9.17) is 68.3 Å². The molecular weight excluding hydrogens is 1440 g/mol. The van der Waals surface area contributed by atoms with E-state index in [0.717, 1.165) is 153 Å². The van der Waals surface area contributed by atoms with Gasteiger partial charge in [-0.1, -0.05) is 64.8 Å². The monoisotopic (exact) mass is 1540 g/mol. The van der Waals surface area contributed by atoms with Crippen molar-refractivity contribution in [3.8, 4) is 46.0 Å². The highest BCUT2D eigenvalue weighted by atomic mass is 16.6. The van der Waals surface area contributed by atoms with Crippen molar-refractivity contribution in [3.63, 3.8) is 0 Å². The number of carbonyl (C=O) groups excluding carboxylic acids is 10. The van der Waals surface area contributed by atoms with Crippen LogP contribution in [0.1, 0.15) is 227 Å². The summed E-state index contributed by atoms with van der Waals surface area (Å²) in [5.41, 5.74) is 13.2. The summed E-state index contributed by atoms with van der Waals surface area (Å²) in [7, 11) is 0. The van der Waals surface area contributed by atoms with Gasteiger partial charge in [0.25, 0.3) is 11.8 Å². The minimum Gasteiger partial charge on any atom is -0.494 e. The molecule has 0 fully saturated rings. The number of rotatable bonds is 57. The van der Waals surface area contributed by atoms with Crippen molar-refractivity contribution >= 4 is 59.6 Å². The normalized spacial score (nSPS) is 10.7. The fourth-order valence-electron chi connectivity index (χ4n) is 11.4. The molecular formula is C88H104N2O22. The third-order valence-corrected chi connectivity index (χ3v) is 17.5. The van der Waals surface area contributed by atoms with Gasteiger partial charge in [0, 0.05) is 24.3 Å². The SMILES string of the molecule is C=CC(=O)OCCCCCCOc1ccc(C(=O)Oc2cc(CCCCCCCCCCc3cc(OC(=O)c4ccc(OCCCCCCOC(=O)C=C)cc4)cc(C(N)=O)c3OC(=O)c3ccc(OCCCCCCOC(=O)C=C)cc3)c(OC(=O)c3ccc(OCCCCCCOC(=O)C=C)cc3)c(C(N)=O)c2)cc1. The first-order valence-corrected chi connectivity index (χ1v) is 38.3. The minimum atomic E-state index is -0.924. The fourth-order valence-corrected chi connectivity index (χ4v) is 11.4. The summed E-state index contributed by atoms with van der Waals surface area (Å²) in [4.78, 5) is 127. The Morgan fingerprint density at radius 3 is 0.705 bits per heavy atom. The smallest absolute Gasteiger partial charge is 0.343 e. The molecule has 0 aliphatic carbocycles. The van der Waals surface area contributed by atoms with E-state index in [1.165, 1.54) is 12.1 Å². The maximum atomic E-state index is 13.9. The average molecular weight is 1540 g/mol. The lowest BCUT2D eigenvalue weighted by Gasteiger charge is -2.16. The van der Waals surface area contributed by atoms with Crippen LogP contribution >= 0.6 is 0 Å². The van der Waals surface area contributed by atoms with E-state index in [-0.39, 0.29) is 56.4 Å². The standard InChI is InChI=1S/C88H104N2O22/c1-5-77(91)105-55-29-19-15-25-51-101-69-43-35-63(36-44-69)85(97)109-73-59-67(81(75(61-73)83(89)95)111-87(99)65-39-47-71(48-40-65)103-53-27-17-21-31-57-107-79(93)7-3)33-23-13-11-9-10-12-14-24-34-68-60-74(110-86(98)64-37-45-70(46-38-64)102-52-26-16-20-30-56-106-78(92)6-2)62-76(84(90)96)82(68)112-88(100)66-41-49-72(50-42-66)104-54-28-18-22-32-58-108-80(94)8-4/h5-8,35-50,59-62H,1-4,9-34,51-58H2,(H2,89,95)(H2,90,96). The molecule has 598 valence electrons. The van der Waals surface area contributed by atoms with Crippen LogP contribution in [-0.2, 0) is 51.0 Å². The van der Waals surface area contributed by atoms with Gasteiger partial charge in [-0.05, 0) is 261 Å². The zero-order valence-corrected chi connectivity index (χ0v) is 63.9. The molecule has 2 amide bonds. The maximum Gasteiger partial charge on any atom is 0.343 e. The lowest BCUT2D eigenvalue weighted by molar-refractivity contribution is -0.138. The molecule has 112 heavy (non-hydrogen) atoms. The van der Waals surface area contributed by atoms with E-state index < -0.39 is 59.6 Å². The third-order valence-electron chi connectivity index (χ3n) is 17.5. The molecule has 6 aromatic carbocycles. The number of hydrogen-bond donors (Lipinski definition) is 2. The number of carbonyl (C=O) groups is 10. The second kappa shape index (κ2) is 51.6. The Balaban J connectivity index is 1.08. The van der Waals surface area contributed by atoms with Gasteiger partial charge in [-0.3, -0.25) is 9.59 Å². The highest BCUT2D eigenvalue weighted by Crippen LogP contribution is 2.35. The van der Waals surface area contributed by atoms with E-state index >= 15 is 0 Å². The Bertz CT molecular complexity index is 3790. The molecule has 0 aromatic heterocycles. The highest BCUT2D eigenvalue weighted by molar-refractivity contribution is 6.01. The van der Waals surface area contributed by atoms with Gasteiger partial charge in [-0.25, -0.2) is 38.4 Å². The summed E-state index contributed by atoms with van der Waals surface area (Å²) in [6.45, 7) is 16.5. The Kier molecular flexibility index (Phi) is 41.0. The number of unbranched alkanes of at least 4 members (excludes halogenated alkanes) is 19. The molecule has 0 radical (unpaired) electrons. The lowest BCUT2D eigenvalue weighted by atomic mass is 9.99. The number of primary amides is 2. The van der Waals surface area contributed by atoms with Crippen LogP contribution < -0.4 is 49.4 Å². The van der Waals surface area contributed by atoms with Crippen LogP contribution in [0, 0.1) is 0 Å². The van der Waals surface area contributed by atoms with Gasteiger partial charge in [0.1, 0.15) is 46.0 Å². The summed E-state index contributed by atoms with van der Waals surface area (Å²) in [5.74, 6) is -4.64. The van der Waals surface area contributed by atoms with Crippen LogP contribution in [-0.4, -0.2) is 112 Å². The predicted octanol–water partition coefficient (Wildman–Crippen LogP) is 16.3. The van der Waals surface area contributed by atoms with Crippen LogP contribution in [0.4, 0.5) is 0 Å². The molecule has 0 heterocycles. The molecule has 0 unspecified atom stereocenters. The largest absolute Gasteiger partial charge is 0.494 e. The van der Waals surface area contributed by atoms with Crippen LogP contribution in [0.3, 0.4) is 0 Å². The van der Waals surface area contributed by atoms with E-state index in [0.29, 0.717) is 126 Å². The molecule has 0 saturated carbocycles. The topological polar surface area (TPSA) is 333 Å². The van der Waals surface area contributed by atoms with Crippen molar-refractivity contribution in [3.05, 3.63) is 216 Å². The first-order valence-electron chi connectivity index (χ1n) is 38.3. The van der Waals surface area contributed by atoms with Crippen molar-refractivity contribution in [1.82, 2.24) is 0 Å². The lowest BCUT2D eigenvalue weighted by Crippen LogP contribution is -2.18. The molecule has 24 nitrogen and oxygen atoms in total. The summed E-state index contributed by atoms with van der Waals surface area (Å²) < 4.78 is 67.4. The third kappa shape index (κ3) is 34.0. The van der Waals surface area contributed by atoms with E-state index in [1.807, 2.05) is 0 Å². The van der Waals surface area contributed by atoms with Gasteiger partial charge >= 0.3 is 47.8 Å². The van der Waals surface area contributed by atoms with Crippen molar-refractivity contribution in [2.24, 2.45) is 11.5 Å². The van der Waals surface area contributed by atoms with Crippen LogP contribution in [0.25, 0.3) is 0 Å². The highest BCUT2D eigenvalue weighted by Gasteiger charge is 2.25. The molecule has 0 aliphatic heterocycles. The number of benzene rings is 6. The molecule has 6 aromatic rings. The minimum absolute atomic E-state index is 0.00501. The molecule has 0 saturated heterocycles. The molecule has 0 aliphatic rings. The Morgan fingerprint density at radius 1 is 0.259 bits per heavy atom. The summed E-state index contributed by atoms with van der Waals surface area (Å²) in [6.07, 6.45) is 23.7. The number of amides is 2. The summed E-state index contributed by atoms with van der Waals surface area (Å²) in [5, 5.41) is 0. The van der Waals surface area contributed by atoms with Gasteiger partial charge in [0.05, 0.1) is 86.2 Å². The Morgan fingerprint density at radius 2 is 0.473 bits per heavy atom. The van der Waals surface area contributed by atoms with E-state index in [1.54, 1.807) is 109 Å². The van der Waals surface area contributed by atoms with Gasteiger partial charge in [-0.2, -0.15) is 0 Å². The van der Waals surface area contributed by atoms with Gasteiger partial charge in [0.2, 0.25) is 0 Å². The fraction of sp³-hybridized carbons (Fsp3) is 0.386. The van der Waals surface area contributed by atoms with Crippen molar-refractivity contribution < 1.29 is 105 Å². The van der Waals surface area contributed by atoms with Crippen LogP contribution in [0.5, 0.6) is 46.0 Å². The van der Waals surface area contributed by atoms with Gasteiger partial charge in [0.15, 0.2) is 0 Å². The first kappa shape index (κ1) is 89.1. The molecule has 6 rings (SSSR count). The number of hydrogen-bond acceptors (Lipinski definition) is 22. The molecule has 0 atom stereocenters. The second-order valence-electron chi connectivity index (χ2n) is 26.2. The van der Waals surface area contributed by atoms with Gasteiger partial charge in [-0.15, -0.1) is 0 Å². The molecule has 0 bridgehead atoms. The number of ether oxygens (including phenoxy) is 12. The Labute approximate surface area is 655 Å². The Hall–Kier alpha value is -11.8. The van der Waals surface area contributed by atoms with Crippen LogP contribution in [0.2, 0.25) is 0 Å². The quantitative estimate of drug-likeness (QED) is 0.0118. The zero-order valence-electron chi connectivity index (χ0n) is 63.9. The van der Waals surface area contributed by atoms with Gasteiger partial charge < -0.3 is 68.3 Å². The summed E-state index contributed by atoms with van der Waals surface area (Å²) in [6, 6.07) is 31.3. The van der Waals surface area contributed by atoms with Crippen molar-refractivity contribution in [2.75, 3.05) is 52.9 Å². The van der Waals surface area contributed by atoms with Crippen molar-refractivity contribution in [2.45, 2.75) is 167 Å². The number of esters is 8. The maximum absolute atomic E-state index is 13.9. The predicted molar refractivity (Wildman–Crippen MR) is 420 cm³/mol. The number of aryl methyl sites for hydroxylation is 2. The van der Waals surface area contributed by atoms with Crippen LogP contribution in [0.15, 0.2) is 172 Å².